The summed E-state index contributed by atoms with van der Waals surface area (Å²) in [6.07, 6.45) is 2.04. The molecule has 0 spiro atoms. The van der Waals surface area contributed by atoms with Gasteiger partial charge in [0.2, 0.25) is 0 Å². The predicted octanol–water partition coefficient (Wildman–Crippen LogP) is 1.98. The second-order valence-electron chi connectivity index (χ2n) is 6.35. The molecule has 0 atom stereocenters. The third kappa shape index (κ3) is 5.72. The van der Waals surface area contributed by atoms with Crippen LogP contribution in [0.4, 0.5) is 0 Å². The number of benzene rings is 1. The molecule has 0 heterocycles. The fraction of sp³-hybridized carbons (Fsp3) is 0.625. The van der Waals surface area contributed by atoms with Crippen molar-refractivity contribution in [1.82, 2.24) is 5.32 Å². The van der Waals surface area contributed by atoms with E-state index in [-0.39, 0.29) is 18.8 Å². The van der Waals surface area contributed by atoms with E-state index in [9.17, 15) is 10.2 Å². The molecule has 0 aliphatic rings. The molecule has 0 bridgehead atoms. The van der Waals surface area contributed by atoms with Gasteiger partial charge in [-0.2, -0.15) is 0 Å². The summed E-state index contributed by atoms with van der Waals surface area (Å²) in [4.78, 5) is 0. The van der Waals surface area contributed by atoms with Gasteiger partial charge in [-0.3, -0.25) is 0 Å². The van der Waals surface area contributed by atoms with Crippen molar-refractivity contribution in [2.75, 3.05) is 19.8 Å². The number of aryl methyl sites for hydroxylation is 1. The second-order valence-corrected chi connectivity index (χ2v) is 6.35. The van der Waals surface area contributed by atoms with Crippen LogP contribution < -0.4 is 5.32 Å². The molecule has 0 aromatic heterocycles. The van der Waals surface area contributed by atoms with Crippen LogP contribution in [0.2, 0.25) is 0 Å². The van der Waals surface area contributed by atoms with Crippen LogP contribution in [0.3, 0.4) is 0 Å². The van der Waals surface area contributed by atoms with Gasteiger partial charge in [0.25, 0.3) is 0 Å². The second kappa shape index (κ2) is 7.04. The van der Waals surface area contributed by atoms with Crippen molar-refractivity contribution in [3.8, 4) is 0 Å². The maximum Gasteiger partial charge on any atom is 0.0519 e. The number of aliphatic hydroxyl groups is 2. The van der Waals surface area contributed by atoms with E-state index < -0.39 is 5.41 Å². The SMILES string of the molecule is CC(CO)(CO)CNC(C)(C)CCc1ccccc1. The van der Waals surface area contributed by atoms with Crippen LogP contribution in [0.15, 0.2) is 30.3 Å². The largest absolute Gasteiger partial charge is 0.396 e. The molecule has 0 radical (unpaired) electrons. The molecule has 0 aliphatic carbocycles. The normalized spacial score (nSPS) is 12.7. The van der Waals surface area contributed by atoms with Crippen molar-refractivity contribution >= 4 is 0 Å². The van der Waals surface area contributed by atoms with E-state index >= 15 is 0 Å². The molecule has 3 nitrogen and oxygen atoms in total. The van der Waals surface area contributed by atoms with Crippen molar-refractivity contribution in [2.45, 2.75) is 39.2 Å². The Bertz CT molecular complexity index is 358. The molecule has 0 saturated carbocycles. The number of hydrogen-bond donors (Lipinski definition) is 3. The summed E-state index contributed by atoms with van der Waals surface area (Å²) in [6, 6.07) is 10.4. The summed E-state index contributed by atoms with van der Waals surface area (Å²) in [5.41, 5.74) is 0.871. The fourth-order valence-electron chi connectivity index (χ4n) is 1.80. The number of hydrogen-bond acceptors (Lipinski definition) is 3. The third-order valence-electron chi connectivity index (χ3n) is 3.64. The molecule has 1 rings (SSSR count). The standard InChI is InChI=1S/C16H27NO2/c1-15(2,17-11-16(3,12-18)13-19)10-9-14-7-5-4-6-8-14/h4-8,17-19H,9-13H2,1-3H3. The average Bonchev–Trinajstić information content (AvgIpc) is 2.44. The molecular weight excluding hydrogens is 238 g/mol. The van der Waals surface area contributed by atoms with Crippen LogP contribution in [0.5, 0.6) is 0 Å². The zero-order valence-corrected chi connectivity index (χ0v) is 12.3. The Morgan fingerprint density at radius 1 is 1.00 bits per heavy atom. The van der Waals surface area contributed by atoms with Gasteiger partial charge < -0.3 is 15.5 Å². The summed E-state index contributed by atoms with van der Waals surface area (Å²) in [5.74, 6) is 0. The molecule has 1 aromatic carbocycles. The minimum atomic E-state index is -0.454. The highest BCUT2D eigenvalue weighted by molar-refractivity contribution is 5.15. The van der Waals surface area contributed by atoms with Crippen molar-refractivity contribution in [3.05, 3.63) is 35.9 Å². The summed E-state index contributed by atoms with van der Waals surface area (Å²) >= 11 is 0. The lowest BCUT2D eigenvalue weighted by atomic mass is 9.89. The lowest BCUT2D eigenvalue weighted by Crippen LogP contribution is -2.47. The topological polar surface area (TPSA) is 52.5 Å². The highest BCUT2D eigenvalue weighted by Gasteiger charge is 2.26. The first-order chi connectivity index (χ1) is 8.91. The van der Waals surface area contributed by atoms with E-state index in [0.717, 1.165) is 12.8 Å². The summed E-state index contributed by atoms with van der Waals surface area (Å²) in [5, 5.41) is 22.0. The molecular formula is C16H27NO2. The Morgan fingerprint density at radius 3 is 2.11 bits per heavy atom. The van der Waals surface area contributed by atoms with Crippen LogP contribution in [0, 0.1) is 5.41 Å². The Balaban J connectivity index is 2.43. The van der Waals surface area contributed by atoms with Crippen LogP contribution in [0.25, 0.3) is 0 Å². The quantitative estimate of drug-likeness (QED) is 0.673. The van der Waals surface area contributed by atoms with E-state index in [1.54, 1.807) is 0 Å². The lowest BCUT2D eigenvalue weighted by Gasteiger charge is -2.33. The van der Waals surface area contributed by atoms with Gasteiger partial charge in [-0.15, -0.1) is 0 Å². The molecule has 1 aromatic rings. The molecule has 108 valence electrons. The third-order valence-corrected chi connectivity index (χ3v) is 3.64. The van der Waals surface area contributed by atoms with Gasteiger partial charge in [0.05, 0.1) is 13.2 Å². The zero-order valence-electron chi connectivity index (χ0n) is 12.3. The van der Waals surface area contributed by atoms with Crippen LogP contribution >= 0.6 is 0 Å². The highest BCUT2D eigenvalue weighted by Crippen LogP contribution is 2.18. The number of nitrogens with one attached hydrogen (secondary N) is 1. The maximum atomic E-state index is 9.29. The summed E-state index contributed by atoms with van der Waals surface area (Å²) in [6.45, 7) is 6.79. The van der Waals surface area contributed by atoms with Gasteiger partial charge >= 0.3 is 0 Å². The Kier molecular flexibility index (Phi) is 5.98. The number of aliphatic hydroxyl groups excluding tert-OH is 2. The average molecular weight is 265 g/mol. The highest BCUT2D eigenvalue weighted by atomic mass is 16.3. The Hall–Kier alpha value is -0.900. The Morgan fingerprint density at radius 2 is 1.58 bits per heavy atom. The molecule has 0 fully saturated rings. The van der Waals surface area contributed by atoms with E-state index in [1.807, 2.05) is 13.0 Å². The molecule has 0 aliphatic heterocycles. The van der Waals surface area contributed by atoms with Crippen LogP contribution in [-0.2, 0) is 6.42 Å². The van der Waals surface area contributed by atoms with Crippen molar-refractivity contribution < 1.29 is 10.2 Å². The van der Waals surface area contributed by atoms with E-state index in [4.69, 9.17) is 0 Å². The smallest absolute Gasteiger partial charge is 0.0519 e. The first-order valence-corrected chi connectivity index (χ1v) is 6.91. The van der Waals surface area contributed by atoms with Gasteiger partial charge in [-0.25, -0.2) is 0 Å². The Labute approximate surface area is 116 Å². The number of rotatable bonds is 8. The van der Waals surface area contributed by atoms with E-state index in [2.05, 4.69) is 43.4 Å². The van der Waals surface area contributed by atoms with Gasteiger partial charge in [-0.05, 0) is 32.3 Å². The first-order valence-electron chi connectivity index (χ1n) is 6.91. The van der Waals surface area contributed by atoms with Gasteiger partial charge in [-0.1, -0.05) is 37.3 Å². The zero-order chi connectivity index (χ0) is 14.4. The van der Waals surface area contributed by atoms with Crippen molar-refractivity contribution in [2.24, 2.45) is 5.41 Å². The van der Waals surface area contributed by atoms with Crippen LogP contribution in [-0.4, -0.2) is 35.5 Å². The molecule has 19 heavy (non-hydrogen) atoms. The summed E-state index contributed by atoms with van der Waals surface area (Å²) < 4.78 is 0. The van der Waals surface area contributed by atoms with Gasteiger partial charge in [0.15, 0.2) is 0 Å². The molecule has 0 saturated heterocycles. The van der Waals surface area contributed by atoms with Crippen molar-refractivity contribution in [3.63, 3.8) is 0 Å². The van der Waals surface area contributed by atoms with Crippen molar-refractivity contribution in [1.29, 1.82) is 0 Å². The van der Waals surface area contributed by atoms with Gasteiger partial charge in [0, 0.05) is 17.5 Å². The predicted molar refractivity (Wildman–Crippen MR) is 79.1 cm³/mol. The lowest BCUT2D eigenvalue weighted by molar-refractivity contribution is 0.0629. The minimum absolute atomic E-state index is 0.00867. The minimum Gasteiger partial charge on any atom is -0.396 e. The molecule has 3 heteroatoms. The van der Waals surface area contributed by atoms with E-state index in [1.165, 1.54) is 5.56 Å². The first kappa shape index (κ1) is 16.2. The maximum absolute atomic E-state index is 9.29. The molecule has 0 unspecified atom stereocenters. The monoisotopic (exact) mass is 265 g/mol. The fourth-order valence-corrected chi connectivity index (χ4v) is 1.80. The molecule has 3 N–H and O–H groups in total. The van der Waals surface area contributed by atoms with E-state index in [0.29, 0.717) is 6.54 Å². The molecule has 0 amide bonds. The van der Waals surface area contributed by atoms with Gasteiger partial charge in [0.1, 0.15) is 0 Å². The van der Waals surface area contributed by atoms with Crippen LogP contribution in [0.1, 0.15) is 32.8 Å². The summed E-state index contributed by atoms with van der Waals surface area (Å²) in [7, 11) is 0.